The van der Waals surface area contributed by atoms with Gasteiger partial charge in [0.25, 0.3) is 0 Å². The summed E-state index contributed by atoms with van der Waals surface area (Å²) < 4.78 is 1.58. The third-order valence-electron chi connectivity index (χ3n) is 3.46. The topological polar surface area (TPSA) is 63.1 Å². The zero-order valence-electron chi connectivity index (χ0n) is 11.6. The number of hydrogen-bond acceptors (Lipinski definition) is 4. The average molecular weight is 265 g/mol. The number of carbonyl (C=O) groups is 1. The summed E-state index contributed by atoms with van der Waals surface area (Å²) in [5.41, 5.74) is 0. The highest BCUT2D eigenvalue weighted by Crippen LogP contribution is 2.09. The van der Waals surface area contributed by atoms with E-state index in [1.165, 1.54) is 19.2 Å². The second-order valence-corrected chi connectivity index (χ2v) is 5.08. The van der Waals surface area contributed by atoms with Gasteiger partial charge in [-0.15, -0.1) is 0 Å². The number of nitrogens with zero attached hydrogens (tertiary/aromatic N) is 4. The van der Waals surface area contributed by atoms with Crippen molar-refractivity contribution in [3.8, 4) is 0 Å². The minimum Gasteiger partial charge on any atom is -0.340 e. The maximum Gasteiger partial charge on any atom is 0.244 e. The molecule has 6 nitrogen and oxygen atoms in total. The maximum atomic E-state index is 12.3. The van der Waals surface area contributed by atoms with Crippen LogP contribution in [0.15, 0.2) is 12.7 Å². The largest absolute Gasteiger partial charge is 0.340 e. The number of piperidine rings is 1. The van der Waals surface area contributed by atoms with Gasteiger partial charge in [-0.1, -0.05) is 13.3 Å². The van der Waals surface area contributed by atoms with Crippen LogP contribution in [-0.2, 0) is 11.3 Å². The molecule has 0 radical (unpaired) electrons. The molecule has 0 saturated carbocycles. The van der Waals surface area contributed by atoms with Gasteiger partial charge in [0.2, 0.25) is 5.91 Å². The highest BCUT2D eigenvalue weighted by Gasteiger charge is 2.20. The molecule has 1 aromatic heterocycles. The van der Waals surface area contributed by atoms with Crippen LogP contribution in [0.5, 0.6) is 0 Å². The van der Waals surface area contributed by atoms with E-state index in [1.54, 1.807) is 11.0 Å². The Morgan fingerprint density at radius 1 is 1.53 bits per heavy atom. The Morgan fingerprint density at radius 2 is 2.42 bits per heavy atom. The van der Waals surface area contributed by atoms with Crippen LogP contribution in [0.2, 0.25) is 0 Å². The van der Waals surface area contributed by atoms with Crippen LogP contribution >= 0.6 is 0 Å². The van der Waals surface area contributed by atoms with E-state index in [-0.39, 0.29) is 12.5 Å². The summed E-state index contributed by atoms with van der Waals surface area (Å²) in [5, 5.41) is 7.48. The Hall–Kier alpha value is -1.43. The van der Waals surface area contributed by atoms with Crippen LogP contribution in [0.1, 0.15) is 32.6 Å². The van der Waals surface area contributed by atoms with Crippen LogP contribution in [0, 0.1) is 0 Å². The van der Waals surface area contributed by atoms with Crippen LogP contribution < -0.4 is 5.32 Å². The lowest BCUT2D eigenvalue weighted by atomic mass is 10.0. The lowest BCUT2D eigenvalue weighted by Crippen LogP contribution is -2.46. The van der Waals surface area contributed by atoms with E-state index in [9.17, 15) is 4.79 Å². The first-order valence-corrected chi connectivity index (χ1v) is 7.13. The van der Waals surface area contributed by atoms with E-state index in [0.29, 0.717) is 6.04 Å². The van der Waals surface area contributed by atoms with Gasteiger partial charge in [0.15, 0.2) is 0 Å². The van der Waals surface area contributed by atoms with Crippen molar-refractivity contribution in [2.75, 3.05) is 19.6 Å². The summed E-state index contributed by atoms with van der Waals surface area (Å²) in [7, 11) is 0. The van der Waals surface area contributed by atoms with Gasteiger partial charge in [-0.05, 0) is 25.8 Å². The van der Waals surface area contributed by atoms with E-state index in [4.69, 9.17) is 0 Å². The summed E-state index contributed by atoms with van der Waals surface area (Å²) >= 11 is 0. The normalized spacial score (nSPS) is 19.3. The van der Waals surface area contributed by atoms with Gasteiger partial charge in [-0.25, -0.2) is 9.67 Å². The average Bonchev–Trinajstić information content (AvgIpc) is 2.92. The van der Waals surface area contributed by atoms with Crippen LogP contribution in [0.25, 0.3) is 0 Å². The van der Waals surface area contributed by atoms with Gasteiger partial charge in [0.1, 0.15) is 19.2 Å². The second-order valence-electron chi connectivity index (χ2n) is 5.08. The van der Waals surface area contributed by atoms with Gasteiger partial charge in [0.05, 0.1) is 0 Å². The van der Waals surface area contributed by atoms with Crippen molar-refractivity contribution >= 4 is 5.91 Å². The molecule has 0 aromatic carbocycles. The number of aromatic nitrogens is 3. The number of nitrogens with one attached hydrogen (secondary N) is 1. The van der Waals surface area contributed by atoms with Crippen molar-refractivity contribution in [3.05, 3.63) is 12.7 Å². The molecule has 0 bridgehead atoms. The van der Waals surface area contributed by atoms with E-state index in [2.05, 4.69) is 22.3 Å². The fraction of sp³-hybridized carbons (Fsp3) is 0.769. The summed E-state index contributed by atoms with van der Waals surface area (Å²) in [4.78, 5) is 18.1. The molecule has 1 N–H and O–H groups in total. The first kappa shape index (κ1) is 14.0. The molecule has 106 valence electrons. The predicted molar refractivity (Wildman–Crippen MR) is 72.5 cm³/mol. The first-order valence-electron chi connectivity index (χ1n) is 7.13. The summed E-state index contributed by atoms with van der Waals surface area (Å²) in [6.07, 6.45) is 7.69. The molecular formula is C13H23N5O. The molecule has 19 heavy (non-hydrogen) atoms. The van der Waals surface area contributed by atoms with Crippen molar-refractivity contribution in [1.82, 2.24) is 25.0 Å². The standard InChI is InChI=1S/C13H23N5O/c1-2-7-17(8-12-5-3-4-6-15-12)13(19)9-18-11-14-10-16-18/h10-12,15H,2-9H2,1H3. The molecule has 1 aromatic rings. The quantitative estimate of drug-likeness (QED) is 0.820. The first-order chi connectivity index (χ1) is 9.29. The van der Waals surface area contributed by atoms with Gasteiger partial charge in [-0.3, -0.25) is 4.79 Å². The van der Waals surface area contributed by atoms with Crippen LogP contribution in [-0.4, -0.2) is 51.2 Å². The fourth-order valence-electron chi connectivity index (χ4n) is 2.49. The highest BCUT2D eigenvalue weighted by molar-refractivity contribution is 5.75. The summed E-state index contributed by atoms with van der Waals surface area (Å²) in [6, 6.07) is 0.444. The Bertz CT molecular complexity index is 372. The second kappa shape index (κ2) is 7.23. The molecule has 2 rings (SSSR count). The van der Waals surface area contributed by atoms with Crippen molar-refractivity contribution in [2.45, 2.75) is 45.2 Å². The van der Waals surface area contributed by atoms with Crippen molar-refractivity contribution < 1.29 is 4.79 Å². The fourth-order valence-corrected chi connectivity index (χ4v) is 2.49. The third kappa shape index (κ3) is 4.31. The number of rotatable bonds is 6. The van der Waals surface area contributed by atoms with Gasteiger partial charge in [-0.2, -0.15) is 5.10 Å². The monoisotopic (exact) mass is 265 g/mol. The number of hydrogen-bond donors (Lipinski definition) is 1. The molecule has 0 aliphatic carbocycles. The summed E-state index contributed by atoms with van der Waals surface area (Å²) in [6.45, 7) is 5.08. The minimum atomic E-state index is 0.125. The number of carbonyl (C=O) groups excluding carboxylic acids is 1. The Labute approximate surface area is 114 Å². The van der Waals surface area contributed by atoms with Crippen molar-refractivity contribution in [1.29, 1.82) is 0 Å². The molecule has 2 heterocycles. The maximum absolute atomic E-state index is 12.3. The molecule has 1 unspecified atom stereocenters. The number of amides is 1. The van der Waals surface area contributed by atoms with E-state index < -0.39 is 0 Å². The molecule has 1 atom stereocenters. The minimum absolute atomic E-state index is 0.125. The molecule has 1 saturated heterocycles. The highest BCUT2D eigenvalue weighted by atomic mass is 16.2. The van der Waals surface area contributed by atoms with Crippen LogP contribution in [0.3, 0.4) is 0 Å². The van der Waals surface area contributed by atoms with Crippen molar-refractivity contribution in [3.63, 3.8) is 0 Å². The Balaban J connectivity index is 1.88. The molecular weight excluding hydrogens is 242 g/mol. The van der Waals surface area contributed by atoms with E-state index in [0.717, 1.165) is 32.5 Å². The lowest BCUT2D eigenvalue weighted by molar-refractivity contribution is -0.132. The van der Waals surface area contributed by atoms with Crippen LogP contribution in [0.4, 0.5) is 0 Å². The molecule has 0 spiro atoms. The molecule has 1 amide bonds. The third-order valence-corrected chi connectivity index (χ3v) is 3.46. The van der Waals surface area contributed by atoms with Gasteiger partial charge < -0.3 is 10.2 Å². The Kier molecular flexibility index (Phi) is 5.32. The smallest absolute Gasteiger partial charge is 0.244 e. The lowest BCUT2D eigenvalue weighted by Gasteiger charge is -2.30. The van der Waals surface area contributed by atoms with Crippen molar-refractivity contribution in [2.24, 2.45) is 0 Å². The van der Waals surface area contributed by atoms with Gasteiger partial charge >= 0.3 is 0 Å². The van der Waals surface area contributed by atoms with E-state index >= 15 is 0 Å². The molecule has 1 aliphatic rings. The van der Waals surface area contributed by atoms with E-state index in [1.807, 2.05) is 4.90 Å². The Morgan fingerprint density at radius 3 is 3.05 bits per heavy atom. The molecule has 1 aliphatic heterocycles. The SMILES string of the molecule is CCCN(CC1CCCCN1)C(=O)Cn1cncn1. The molecule has 6 heteroatoms. The zero-order chi connectivity index (χ0) is 13.5. The zero-order valence-corrected chi connectivity index (χ0v) is 11.6. The predicted octanol–water partition coefficient (Wildman–Crippen LogP) is 0.659. The molecule has 1 fully saturated rings. The van der Waals surface area contributed by atoms with Gasteiger partial charge in [0, 0.05) is 19.1 Å². The summed E-state index contributed by atoms with van der Waals surface area (Å²) in [5.74, 6) is 0.125.